The summed E-state index contributed by atoms with van der Waals surface area (Å²) in [5, 5.41) is 13.5. The number of imide groups is 2. The van der Waals surface area contributed by atoms with Crippen LogP contribution in [0.5, 0.6) is 5.75 Å². The molecule has 3 fully saturated rings. The average Bonchev–Trinajstić information content (AvgIpc) is 3.43. The van der Waals surface area contributed by atoms with Crippen molar-refractivity contribution in [2.45, 2.75) is 37.3 Å². The standard InChI is InChI=1S/C33H25Cl2F3N4O5/c1-14-10-15(2-9-24(14)43)26-19-7-8-20-25(29(45)40-28(20)44)21(19)12-22-30(46)42(31(47)32(22,26)16-3-5-18(34)6-4-16)41-27-23(35)11-17(13-39-27)33(36,37)38/h2-7,9-11,13,20-22,25-26,43H,8,12H2,1H3,(H,39,41)(H,40,44,45). The molecule has 0 radical (unpaired) electrons. The number of rotatable bonds is 4. The minimum Gasteiger partial charge on any atom is -0.508 e. The van der Waals surface area contributed by atoms with Gasteiger partial charge in [0, 0.05) is 17.1 Å². The van der Waals surface area contributed by atoms with Gasteiger partial charge in [-0.3, -0.25) is 29.9 Å². The average molecular weight is 685 g/mol. The van der Waals surface area contributed by atoms with E-state index in [9.17, 15) is 32.7 Å². The van der Waals surface area contributed by atoms with Crippen molar-refractivity contribution in [1.82, 2.24) is 15.3 Å². The molecule has 2 aliphatic carbocycles. The maximum absolute atomic E-state index is 15.0. The first-order chi connectivity index (χ1) is 22.2. The van der Waals surface area contributed by atoms with Crippen LogP contribution in [0.3, 0.4) is 0 Å². The summed E-state index contributed by atoms with van der Waals surface area (Å²) in [7, 11) is 0. The van der Waals surface area contributed by atoms with Gasteiger partial charge in [0.15, 0.2) is 5.82 Å². The molecule has 3 N–H and O–H groups in total. The Hall–Kier alpha value is -4.42. The van der Waals surface area contributed by atoms with Gasteiger partial charge in [-0.2, -0.15) is 18.2 Å². The van der Waals surface area contributed by atoms with E-state index in [0.29, 0.717) is 39.5 Å². The van der Waals surface area contributed by atoms with Gasteiger partial charge in [-0.15, -0.1) is 0 Å². The molecule has 242 valence electrons. The third-order valence-electron chi connectivity index (χ3n) is 9.95. The molecule has 0 bridgehead atoms. The maximum Gasteiger partial charge on any atom is 0.417 e. The molecule has 1 aromatic heterocycles. The van der Waals surface area contributed by atoms with Crippen LogP contribution in [0.2, 0.25) is 10.0 Å². The molecule has 4 aliphatic rings. The van der Waals surface area contributed by atoms with Crippen LogP contribution in [0.1, 0.15) is 41.0 Å². The number of pyridine rings is 1. The van der Waals surface area contributed by atoms with Crippen molar-refractivity contribution in [1.29, 1.82) is 0 Å². The summed E-state index contributed by atoms with van der Waals surface area (Å²) in [6.07, 6.45) is -2.07. The molecule has 0 spiro atoms. The number of hydrogen-bond donors (Lipinski definition) is 3. The Morgan fingerprint density at radius 1 is 1.02 bits per heavy atom. The van der Waals surface area contributed by atoms with Crippen LogP contribution in [0, 0.1) is 30.6 Å². The fraction of sp³-hybridized carbons (Fsp3) is 0.303. The number of nitrogens with one attached hydrogen (secondary N) is 2. The van der Waals surface area contributed by atoms with Gasteiger partial charge >= 0.3 is 6.18 Å². The predicted molar refractivity (Wildman–Crippen MR) is 163 cm³/mol. The Kier molecular flexibility index (Phi) is 7.18. The van der Waals surface area contributed by atoms with E-state index in [2.05, 4.69) is 15.7 Å². The highest BCUT2D eigenvalue weighted by Crippen LogP contribution is 2.64. The quantitative estimate of drug-likeness (QED) is 0.238. The number of anilines is 1. The molecular weight excluding hydrogens is 660 g/mol. The molecular formula is C33H25Cl2F3N4O5. The van der Waals surface area contributed by atoms with E-state index in [1.165, 1.54) is 6.07 Å². The lowest BCUT2D eigenvalue weighted by atomic mass is 9.49. The third kappa shape index (κ3) is 4.63. The Bertz CT molecular complexity index is 1920. The SMILES string of the molecule is Cc1cc(C2C3=CCC4C(=O)NC(=O)C4C3CC3C(=O)N(Nc4ncc(C(F)(F)F)cc4Cl)C(=O)C32c2ccc(Cl)cc2)ccc1O. The van der Waals surface area contributed by atoms with Gasteiger partial charge in [-0.25, -0.2) is 4.98 Å². The third-order valence-corrected chi connectivity index (χ3v) is 10.5. The van der Waals surface area contributed by atoms with Crippen LogP contribution in [0.15, 0.2) is 66.4 Å². The first-order valence-electron chi connectivity index (χ1n) is 14.7. The number of aryl methyl sites for hydroxylation is 1. The van der Waals surface area contributed by atoms with Crippen LogP contribution in [0.4, 0.5) is 19.0 Å². The first-order valence-corrected chi connectivity index (χ1v) is 15.5. The van der Waals surface area contributed by atoms with Gasteiger partial charge in [0.05, 0.1) is 33.8 Å². The second-order valence-corrected chi connectivity index (χ2v) is 13.2. The maximum atomic E-state index is 15.0. The van der Waals surface area contributed by atoms with Gasteiger partial charge in [0.2, 0.25) is 11.8 Å². The number of phenols is 1. The second-order valence-electron chi connectivity index (χ2n) is 12.3. The van der Waals surface area contributed by atoms with Crippen molar-refractivity contribution in [3.8, 4) is 5.75 Å². The number of hydrogen-bond acceptors (Lipinski definition) is 7. The van der Waals surface area contributed by atoms with Gasteiger partial charge < -0.3 is 5.11 Å². The zero-order chi connectivity index (χ0) is 33.6. The van der Waals surface area contributed by atoms with E-state index in [-0.39, 0.29) is 24.4 Å². The van der Waals surface area contributed by atoms with E-state index < -0.39 is 75.4 Å². The summed E-state index contributed by atoms with van der Waals surface area (Å²) < 4.78 is 40.0. The smallest absolute Gasteiger partial charge is 0.417 e. The molecule has 4 amide bonds. The summed E-state index contributed by atoms with van der Waals surface area (Å²) in [6, 6.07) is 12.0. The second kappa shape index (κ2) is 10.8. The highest BCUT2D eigenvalue weighted by molar-refractivity contribution is 6.33. The Morgan fingerprint density at radius 3 is 2.40 bits per heavy atom. The molecule has 2 aliphatic heterocycles. The number of allylic oxidation sites excluding steroid dienone is 2. The summed E-state index contributed by atoms with van der Waals surface area (Å²) in [5.74, 6) is -6.63. The number of aromatic hydroxyl groups is 1. The molecule has 9 nitrogen and oxygen atoms in total. The zero-order valence-electron chi connectivity index (χ0n) is 24.4. The minimum atomic E-state index is -4.73. The number of fused-ring (bicyclic) bond motifs is 4. The fourth-order valence-corrected chi connectivity index (χ4v) is 8.26. The molecule has 3 heterocycles. The molecule has 7 rings (SSSR count). The summed E-state index contributed by atoms with van der Waals surface area (Å²) >= 11 is 12.4. The number of carbonyl (C=O) groups excluding carboxylic acids is 4. The van der Waals surface area contributed by atoms with Crippen LogP contribution in [-0.4, -0.2) is 38.7 Å². The molecule has 6 unspecified atom stereocenters. The highest BCUT2D eigenvalue weighted by atomic mass is 35.5. The largest absolute Gasteiger partial charge is 0.508 e. The number of phenolic OH excluding ortho intramolecular Hbond substituents is 1. The molecule has 1 saturated carbocycles. The number of halogens is 5. The summed E-state index contributed by atoms with van der Waals surface area (Å²) in [5.41, 5.74) is 2.04. The van der Waals surface area contributed by atoms with Crippen molar-refractivity contribution in [2.24, 2.45) is 23.7 Å². The van der Waals surface area contributed by atoms with E-state index >= 15 is 4.79 Å². The monoisotopic (exact) mass is 684 g/mol. The van der Waals surface area contributed by atoms with Gasteiger partial charge in [0.1, 0.15) is 5.75 Å². The van der Waals surface area contributed by atoms with Crippen LogP contribution < -0.4 is 10.7 Å². The number of aromatic nitrogens is 1. The van der Waals surface area contributed by atoms with Crippen LogP contribution in [0.25, 0.3) is 0 Å². The lowest BCUT2D eigenvalue weighted by Gasteiger charge is -2.50. The van der Waals surface area contributed by atoms with Crippen molar-refractivity contribution in [3.63, 3.8) is 0 Å². The Labute approximate surface area is 275 Å². The number of nitrogens with zero attached hydrogens (tertiary/aromatic N) is 2. The number of hydrazine groups is 1. The van der Waals surface area contributed by atoms with Crippen molar-refractivity contribution >= 4 is 52.6 Å². The van der Waals surface area contributed by atoms with E-state index in [1.807, 2.05) is 6.08 Å². The molecule has 3 aromatic rings. The normalized spacial score (nSPS) is 28.4. The van der Waals surface area contributed by atoms with E-state index in [4.69, 9.17) is 23.2 Å². The zero-order valence-corrected chi connectivity index (χ0v) is 26.0. The van der Waals surface area contributed by atoms with E-state index in [0.717, 1.165) is 5.01 Å². The Morgan fingerprint density at radius 2 is 1.74 bits per heavy atom. The van der Waals surface area contributed by atoms with Crippen LogP contribution >= 0.6 is 23.2 Å². The molecule has 2 saturated heterocycles. The molecule has 2 aromatic carbocycles. The van der Waals surface area contributed by atoms with Gasteiger partial charge in [0.25, 0.3) is 11.8 Å². The van der Waals surface area contributed by atoms with Crippen molar-refractivity contribution in [3.05, 3.63) is 98.7 Å². The molecule has 14 heteroatoms. The fourth-order valence-electron chi connectivity index (χ4n) is 7.93. The van der Waals surface area contributed by atoms with Crippen LogP contribution in [-0.2, 0) is 30.8 Å². The van der Waals surface area contributed by atoms with Crippen molar-refractivity contribution < 1.29 is 37.5 Å². The predicted octanol–water partition coefficient (Wildman–Crippen LogP) is 5.69. The molecule has 6 atom stereocenters. The lowest BCUT2D eigenvalue weighted by Crippen LogP contribution is -2.53. The van der Waals surface area contributed by atoms with Crippen molar-refractivity contribution in [2.75, 3.05) is 5.43 Å². The van der Waals surface area contributed by atoms with E-state index in [1.54, 1.807) is 43.3 Å². The highest BCUT2D eigenvalue weighted by Gasteiger charge is 2.70. The molecule has 47 heavy (non-hydrogen) atoms. The Balaban J connectivity index is 1.44. The number of alkyl halides is 3. The number of amides is 4. The number of benzene rings is 2. The summed E-state index contributed by atoms with van der Waals surface area (Å²) in [6.45, 7) is 1.69. The number of carbonyl (C=O) groups is 4. The summed E-state index contributed by atoms with van der Waals surface area (Å²) in [4.78, 5) is 59.2. The minimum absolute atomic E-state index is 0.0109. The topological polar surface area (TPSA) is 129 Å². The first kappa shape index (κ1) is 31.2. The lowest BCUT2D eigenvalue weighted by molar-refractivity contribution is -0.139. The van der Waals surface area contributed by atoms with Gasteiger partial charge in [-0.1, -0.05) is 59.1 Å². The van der Waals surface area contributed by atoms with Gasteiger partial charge in [-0.05, 0) is 66.6 Å².